The van der Waals surface area contributed by atoms with E-state index in [1.807, 2.05) is 0 Å². The van der Waals surface area contributed by atoms with Gasteiger partial charge < -0.3 is 10.1 Å². The van der Waals surface area contributed by atoms with E-state index in [9.17, 15) is 13.2 Å². The van der Waals surface area contributed by atoms with Crippen molar-refractivity contribution in [2.45, 2.75) is 12.7 Å². The van der Waals surface area contributed by atoms with Gasteiger partial charge in [-0.05, 0) is 29.8 Å². The highest BCUT2D eigenvalue weighted by Crippen LogP contribution is 2.34. The second-order valence-electron chi connectivity index (χ2n) is 4.09. The summed E-state index contributed by atoms with van der Waals surface area (Å²) in [6.45, 7) is 0.0376. The molecule has 0 saturated heterocycles. The van der Waals surface area contributed by atoms with Crippen LogP contribution in [0.5, 0.6) is 5.75 Å². The van der Waals surface area contributed by atoms with Gasteiger partial charge in [-0.1, -0.05) is 12.1 Å². The molecule has 0 spiro atoms. The van der Waals surface area contributed by atoms with Gasteiger partial charge in [-0.25, -0.2) is 4.98 Å². The average molecular weight is 282 g/mol. The van der Waals surface area contributed by atoms with Gasteiger partial charge in [-0.2, -0.15) is 13.2 Å². The zero-order chi connectivity index (χ0) is 14.6. The van der Waals surface area contributed by atoms with Gasteiger partial charge in [0.15, 0.2) is 0 Å². The molecule has 106 valence electrons. The van der Waals surface area contributed by atoms with Crippen LogP contribution in [-0.4, -0.2) is 12.1 Å². The van der Waals surface area contributed by atoms with Crippen LogP contribution in [0, 0.1) is 0 Å². The monoisotopic (exact) mass is 282 g/mol. The van der Waals surface area contributed by atoms with E-state index in [4.69, 9.17) is 4.74 Å². The standard InChI is InChI=1S/C14H13F3N2O/c1-20-11-6-5-10(12(8-11)14(15,16)17)9-19-13-4-2-3-7-18-13/h2-8H,9H2,1H3,(H,18,19). The van der Waals surface area contributed by atoms with Gasteiger partial charge in [0.1, 0.15) is 11.6 Å². The molecule has 0 aliphatic heterocycles. The number of hydrogen-bond acceptors (Lipinski definition) is 3. The first kappa shape index (κ1) is 14.2. The molecular formula is C14H13F3N2O. The third-order valence-corrected chi connectivity index (χ3v) is 2.75. The number of methoxy groups -OCH3 is 1. The Morgan fingerprint density at radius 3 is 2.60 bits per heavy atom. The number of halogens is 3. The number of benzene rings is 1. The summed E-state index contributed by atoms with van der Waals surface area (Å²) in [7, 11) is 1.33. The van der Waals surface area contributed by atoms with Gasteiger partial charge in [-0.3, -0.25) is 0 Å². The van der Waals surface area contributed by atoms with E-state index in [-0.39, 0.29) is 17.9 Å². The molecule has 3 nitrogen and oxygen atoms in total. The first-order valence-corrected chi connectivity index (χ1v) is 5.89. The van der Waals surface area contributed by atoms with Gasteiger partial charge in [0.05, 0.1) is 12.7 Å². The number of aromatic nitrogens is 1. The summed E-state index contributed by atoms with van der Waals surface area (Å²) in [5.74, 6) is 0.704. The number of nitrogens with zero attached hydrogens (tertiary/aromatic N) is 1. The normalized spacial score (nSPS) is 11.2. The summed E-state index contributed by atoms with van der Waals surface area (Å²) >= 11 is 0. The molecule has 0 unspecified atom stereocenters. The lowest BCUT2D eigenvalue weighted by molar-refractivity contribution is -0.138. The quantitative estimate of drug-likeness (QED) is 0.928. The summed E-state index contributed by atoms with van der Waals surface area (Å²) in [6.07, 6.45) is -2.85. The lowest BCUT2D eigenvalue weighted by Gasteiger charge is -2.15. The first-order chi connectivity index (χ1) is 9.50. The van der Waals surface area contributed by atoms with Crippen molar-refractivity contribution in [2.24, 2.45) is 0 Å². The molecule has 2 rings (SSSR count). The Morgan fingerprint density at radius 1 is 1.20 bits per heavy atom. The van der Waals surface area contributed by atoms with Crippen LogP contribution in [0.25, 0.3) is 0 Å². The summed E-state index contributed by atoms with van der Waals surface area (Å²) in [5, 5.41) is 2.86. The molecule has 2 aromatic rings. The third kappa shape index (κ3) is 3.40. The Bertz CT molecular complexity index is 570. The van der Waals surface area contributed by atoms with Crippen molar-refractivity contribution in [3.8, 4) is 5.75 Å². The van der Waals surface area contributed by atoms with Crippen LogP contribution < -0.4 is 10.1 Å². The Kier molecular flexibility index (Phi) is 4.12. The van der Waals surface area contributed by atoms with Gasteiger partial charge >= 0.3 is 6.18 Å². The molecule has 0 saturated carbocycles. The second-order valence-corrected chi connectivity index (χ2v) is 4.09. The van der Waals surface area contributed by atoms with E-state index in [1.54, 1.807) is 24.4 Å². The van der Waals surface area contributed by atoms with Crippen molar-refractivity contribution in [1.29, 1.82) is 0 Å². The molecule has 1 N–H and O–H groups in total. The van der Waals surface area contributed by atoms with Crippen LogP contribution in [0.1, 0.15) is 11.1 Å². The summed E-state index contributed by atoms with van der Waals surface area (Å²) in [6, 6.07) is 9.09. The fourth-order valence-electron chi connectivity index (χ4n) is 1.75. The van der Waals surface area contributed by atoms with E-state index in [0.29, 0.717) is 5.82 Å². The van der Waals surface area contributed by atoms with Crippen molar-refractivity contribution in [3.05, 3.63) is 53.7 Å². The number of anilines is 1. The summed E-state index contributed by atoms with van der Waals surface area (Å²) < 4.78 is 43.8. The predicted molar refractivity (Wildman–Crippen MR) is 69.6 cm³/mol. The molecule has 0 radical (unpaired) electrons. The minimum atomic E-state index is -4.42. The number of ether oxygens (including phenoxy) is 1. The predicted octanol–water partition coefficient (Wildman–Crippen LogP) is 3.72. The van der Waals surface area contributed by atoms with Crippen molar-refractivity contribution < 1.29 is 17.9 Å². The van der Waals surface area contributed by atoms with Crippen LogP contribution in [-0.2, 0) is 12.7 Å². The molecule has 0 aliphatic carbocycles. The maximum absolute atomic E-state index is 13.0. The molecule has 0 amide bonds. The molecule has 6 heteroatoms. The van der Waals surface area contributed by atoms with E-state index in [0.717, 1.165) is 6.07 Å². The number of hydrogen-bond donors (Lipinski definition) is 1. The average Bonchev–Trinajstić information content (AvgIpc) is 2.45. The summed E-state index contributed by atoms with van der Waals surface area (Å²) in [5.41, 5.74) is -0.566. The Hall–Kier alpha value is -2.24. The Balaban J connectivity index is 2.23. The molecule has 0 atom stereocenters. The first-order valence-electron chi connectivity index (χ1n) is 5.89. The topological polar surface area (TPSA) is 34.1 Å². The molecule has 1 aromatic heterocycles. The van der Waals surface area contributed by atoms with Gasteiger partial charge in [0.2, 0.25) is 0 Å². The minimum Gasteiger partial charge on any atom is -0.497 e. The second kappa shape index (κ2) is 5.81. The van der Waals surface area contributed by atoms with Gasteiger partial charge in [0.25, 0.3) is 0 Å². The maximum Gasteiger partial charge on any atom is 0.416 e. The van der Waals surface area contributed by atoms with Gasteiger partial charge in [0, 0.05) is 12.7 Å². The highest BCUT2D eigenvalue weighted by Gasteiger charge is 2.33. The van der Waals surface area contributed by atoms with E-state index in [2.05, 4.69) is 10.3 Å². The van der Waals surface area contributed by atoms with Crippen LogP contribution >= 0.6 is 0 Å². The highest BCUT2D eigenvalue weighted by molar-refractivity contribution is 5.41. The third-order valence-electron chi connectivity index (χ3n) is 2.75. The van der Waals surface area contributed by atoms with Crippen molar-refractivity contribution in [2.75, 3.05) is 12.4 Å². The number of rotatable bonds is 4. The van der Waals surface area contributed by atoms with Gasteiger partial charge in [-0.15, -0.1) is 0 Å². The van der Waals surface area contributed by atoms with Crippen molar-refractivity contribution in [1.82, 2.24) is 4.98 Å². The van der Waals surface area contributed by atoms with E-state index in [1.165, 1.54) is 19.2 Å². The molecule has 0 fully saturated rings. The fourth-order valence-corrected chi connectivity index (χ4v) is 1.75. The highest BCUT2D eigenvalue weighted by atomic mass is 19.4. The van der Waals surface area contributed by atoms with Crippen molar-refractivity contribution in [3.63, 3.8) is 0 Å². The molecular weight excluding hydrogens is 269 g/mol. The molecule has 0 bridgehead atoms. The van der Waals surface area contributed by atoms with Crippen LogP contribution in [0.2, 0.25) is 0 Å². The molecule has 0 aliphatic rings. The zero-order valence-electron chi connectivity index (χ0n) is 10.7. The van der Waals surface area contributed by atoms with E-state index < -0.39 is 11.7 Å². The molecule has 1 aromatic carbocycles. The molecule has 1 heterocycles. The SMILES string of the molecule is COc1ccc(CNc2ccccn2)c(C(F)(F)F)c1. The lowest BCUT2D eigenvalue weighted by Crippen LogP contribution is -2.12. The zero-order valence-corrected chi connectivity index (χ0v) is 10.7. The van der Waals surface area contributed by atoms with Crippen LogP contribution in [0.3, 0.4) is 0 Å². The van der Waals surface area contributed by atoms with Crippen LogP contribution in [0.4, 0.5) is 19.0 Å². The maximum atomic E-state index is 13.0. The molecule has 20 heavy (non-hydrogen) atoms. The minimum absolute atomic E-state index is 0.0376. The number of alkyl halides is 3. The van der Waals surface area contributed by atoms with Crippen molar-refractivity contribution >= 4 is 5.82 Å². The van der Waals surface area contributed by atoms with Crippen LogP contribution in [0.15, 0.2) is 42.6 Å². The lowest BCUT2D eigenvalue weighted by atomic mass is 10.1. The Morgan fingerprint density at radius 2 is 2.00 bits per heavy atom. The smallest absolute Gasteiger partial charge is 0.416 e. The Labute approximate surface area is 114 Å². The number of nitrogens with one attached hydrogen (secondary N) is 1. The number of pyridine rings is 1. The summed E-state index contributed by atoms with van der Waals surface area (Å²) in [4.78, 5) is 4.00. The fraction of sp³-hybridized carbons (Fsp3) is 0.214. The van der Waals surface area contributed by atoms with E-state index >= 15 is 0 Å². The largest absolute Gasteiger partial charge is 0.497 e.